The summed E-state index contributed by atoms with van der Waals surface area (Å²) in [5, 5.41) is 17.4. The fourth-order valence-corrected chi connectivity index (χ4v) is 2.39. The minimum atomic E-state index is -0.519. The second-order valence-electron chi connectivity index (χ2n) is 5.54. The fourth-order valence-electron chi connectivity index (χ4n) is 2.39. The van der Waals surface area contributed by atoms with Crippen LogP contribution in [0.25, 0.3) is 11.3 Å². The SMILES string of the molecule is COc1cc(-c2ccc(/C=N\NC(=O)Nc3ccccc3)o2)ccc1[N+](=O)[O-]. The lowest BCUT2D eigenvalue weighted by Crippen LogP contribution is -2.24. The maximum Gasteiger partial charge on any atom is 0.339 e. The van der Waals surface area contributed by atoms with Gasteiger partial charge in [-0.2, -0.15) is 5.10 Å². The largest absolute Gasteiger partial charge is 0.490 e. The van der Waals surface area contributed by atoms with Crippen molar-refractivity contribution in [2.45, 2.75) is 0 Å². The van der Waals surface area contributed by atoms with Crippen LogP contribution in [0.2, 0.25) is 0 Å². The highest BCUT2D eigenvalue weighted by molar-refractivity contribution is 5.90. The van der Waals surface area contributed by atoms with Gasteiger partial charge in [0.05, 0.1) is 18.2 Å². The van der Waals surface area contributed by atoms with Gasteiger partial charge in [0, 0.05) is 17.3 Å². The van der Waals surface area contributed by atoms with Gasteiger partial charge in [0.15, 0.2) is 5.75 Å². The molecule has 0 bridgehead atoms. The molecule has 0 saturated heterocycles. The van der Waals surface area contributed by atoms with Crippen LogP contribution in [0.1, 0.15) is 5.76 Å². The number of para-hydroxylation sites is 1. The Hall–Kier alpha value is -4.14. The van der Waals surface area contributed by atoms with E-state index in [-0.39, 0.29) is 11.4 Å². The zero-order chi connectivity index (χ0) is 19.9. The Balaban J connectivity index is 1.65. The summed E-state index contributed by atoms with van der Waals surface area (Å²) in [6.45, 7) is 0. The molecule has 2 aromatic carbocycles. The van der Waals surface area contributed by atoms with Gasteiger partial charge in [-0.05, 0) is 36.4 Å². The number of carbonyl (C=O) groups excluding carboxylic acids is 1. The van der Waals surface area contributed by atoms with E-state index in [0.29, 0.717) is 22.8 Å². The molecule has 0 aliphatic carbocycles. The number of rotatable bonds is 6. The Bertz CT molecular complexity index is 1010. The molecule has 0 atom stereocenters. The van der Waals surface area contributed by atoms with Crippen LogP contribution in [-0.2, 0) is 0 Å². The summed E-state index contributed by atoms with van der Waals surface area (Å²) in [5.74, 6) is 1.00. The van der Waals surface area contributed by atoms with Crippen molar-refractivity contribution in [3.8, 4) is 17.1 Å². The van der Waals surface area contributed by atoms with E-state index in [4.69, 9.17) is 9.15 Å². The number of methoxy groups -OCH3 is 1. The number of carbonyl (C=O) groups is 1. The summed E-state index contributed by atoms with van der Waals surface area (Å²) in [4.78, 5) is 22.2. The van der Waals surface area contributed by atoms with E-state index in [1.165, 1.54) is 25.5 Å². The third-order valence-corrected chi connectivity index (χ3v) is 3.68. The zero-order valence-electron chi connectivity index (χ0n) is 14.8. The summed E-state index contributed by atoms with van der Waals surface area (Å²) in [5.41, 5.74) is 3.45. The van der Waals surface area contributed by atoms with Crippen LogP contribution in [0.4, 0.5) is 16.2 Å². The number of hydrazone groups is 1. The van der Waals surface area contributed by atoms with Crippen LogP contribution >= 0.6 is 0 Å². The van der Waals surface area contributed by atoms with Crippen LogP contribution in [0.5, 0.6) is 5.75 Å². The normalized spacial score (nSPS) is 10.6. The smallest absolute Gasteiger partial charge is 0.339 e. The van der Waals surface area contributed by atoms with Crippen LogP contribution in [0, 0.1) is 10.1 Å². The Morgan fingerprint density at radius 3 is 2.68 bits per heavy atom. The van der Waals surface area contributed by atoms with Gasteiger partial charge in [-0.15, -0.1) is 0 Å². The lowest BCUT2D eigenvalue weighted by molar-refractivity contribution is -0.385. The van der Waals surface area contributed by atoms with Gasteiger partial charge in [-0.3, -0.25) is 10.1 Å². The molecule has 2 N–H and O–H groups in total. The van der Waals surface area contributed by atoms with Crippen molar-refractivity contribution in [1.82, 2.24) is 5.43 Å². The Morgan fingerprint density at radius 1 is 1.18 bits per heavy atom. The standard InChI is InChI=1S/C19H16N4O5/c1-27-18-11-13(7-9-16(18)23(25)26)17-10-8-15(28-17)12-20-22-19(24)21-14-5-3-2-4-6-14/h2-12H,1H3,(H2,21,22,24)/b20-12-. The molecule has 2 amide bonds. The predicted octanol–water partition coefficient (Wildman–Crippen LogP) is 4.02. The minimum Gasteiger partial charge on any atom is -0.490 e. The Labute approximate surface area is 159 Å². The number of anilines is 1. The van der Waals surface area contributed by atoms with Crippen molar-refractivity contribution in [3.05, 3.63) is 76.5 Å². The highest BCUT2D eigenvalue weighted by Crippen LogP contribution is 2.32. The highest BCUT2D eigenvalue weighted by Gasteiger charge is 2.16. The van der Waals surface area contributed by atoms with E-state index in [2.05, 4.69) is 15.8 Å². The van der Waals surface area contributed by atoms with Gasteiger partial charge in [-0.25, -0.2) is 10.2 Å². The monoisotopic (exact) mass is 380 g/mol. The second kappa shape index (κ2) is 8.49. The molecule has 0 radical (unpaired) electrons. The summed E-state index contributed by atoms with van der Waals surface area (Å²) in [6, 6.07) is 16.2. The van der Waals surface area contributed by atoms with E-state index >= 15 is 0 Å². The molecular weight excluding hydrogens is 364 g/mol. The first-order valence-corrected chi connectivity index (χ1v) is 8.14. The van der Waals surface area contributed by atoms with E-state index in [1.54, 1.807) is 42.5 Å². The van der Waals surface area contributed by atoms with Crippen LogP contribution in [0.15, 0.2) is 70.2 Å². The molecule has 0 fully saturated rings. The number of hydrogen-bond donors (Lipinski definition) is 2. The number of urea groups is 1. The molecule has 28 heavy (non-hydrogen) atoms. The molecule has 9 nitrogen and oxygen atoms in total. The van der Waals surface area contributed by atoms with Crippen LogP contribution < -0.4 is 15.5 Å². The van der Waals surface area contributed by atoms with E-state index < -0.39 is 11.0 Å². The predicted molar refractivity (Wildman–Crippen MR) is 104 cm³/mol. The van der Waals surface area contributed by atoms with Gasteiger partial charge >= 0.3 is 11.7 Å². The number of benzene rings is 2. The van der Waals surface area contributed by atoms with Crippen molar-refractivity contribution in [1.29, 1.82) is 0 Å². The molecule has 1 heterocycles. The maximum atomic E-state index is 11.8. The minimum absolute atomic E-state index is 0.131. The molecule has 0 aliphatic rings. The Kier molecular flexibility index (Phi) is 5.66. The average Bonchev–Trinajstić information content (AvgIpc) is 3.17. The van der Waals surface area contributed by atoms with E-state index in [9.17, 15) is 14.9 Å². The van der Waals surface area contributed by atoms with Gasteiger partial charge < -0.3 is 14.5 Å². The number of furan rings is 1. The molecule has 3 aromatic rings. The van der Waals surface area contributed by atoms with Crippen molar-refractivity contribution >= 4 is 23.6 Å². The molecule has 0 aliphatic heterocycles. The molecule has 3 rings (SSSR count). The number of nitrogens with zero attached hydrogens (tertiary/aromatic N) is 2. The second-order valence-corrected chi connectivity index (χ2v) is 5.54. The first-order chi connectivity index (χ1) is 13.6. The molecule has 0 unspecified atom stereocenters. The number of nitro groups is 1. The number of nitrogens with one attached hydrogen (secondary N) is 2. The van der Waals surface area contributed by atoms with E-state index in [0.717, 1.165) is 0 Å². The average molecular weight is 380 g/mol. The first kappa shape index (κ1) is 18.6. The van der Waals surface area contributed by atoms with Crippen molar-refractivity contribution in [3.63, 3.8) is 0 Å². The van der Waals surface area contributed by atoms with Gasteiger partial charge in [0.2, 0.25) is 0 Å². The fraction of sp³-hybridized carbons (Fsp3) is 0.0526. The van der Waals surface area contributed by atoms with Crippen molar-refractivity contribution in [2.75, 3.05) is 12.4 Å². The quantitative estimate of drug-likeness (QED) is 0.380. The number of ether oxygens (including phenoxy) is 1. The molecule has 142 valence electrons. The van der Waals surface area contributed by atoms with Gasteiger partial charge in [0.25, 0.3) is 0 Å². The van der Waals surface area contributed by atoms with Gasteiger partial charge in [0.1, 0.15) is 11.5 Å². The summed E-state index contributed by atoms with van der Waals surface area (Å²) >= 11 is 0. The van der Waals surface area contributed by atoms with Crippen LogP contribution in [0.3, 0.4) is 0 Å². The molecule has 0 saturated carbocycles. The van der Waals surface area contributed by atoms with E-state index in [1.807, 2.05) is 6.07 Å². The lowest BCUT2D eigenvalue weighted by atomic mass is 10.1. The summed E-state index contributed by atoms with van der Waals surface area (Å²) in [7, 11) is 1.36. The zero-order valence-corrected chi connectivity index (χ0v) is 14.8. The van der Waals surface area contributed by atoms with Crippen molar-refractivity contribution in [2.24, 2.45) is 5.10 Å². The summed E-state index contributed by atoms with van der Waals surface area (Å²) < 4.78 is 10.7. The summed E-state index contributed by atoms with van der Waals surface area (Å²) in [6.07, 6.45) is 1.34. The molecular formula is C19H16N4O5. The third kappa shape index (κ3) is 4.52. The Morgan fingerprint density at radius 2 is 1.96 bits per heavy atom. The number of hydrogen-bond acceptors (Lipinski definition) is 6. The van der Waals surface area contributed by atoms with Gasteiger partial charge in [-0.1, -0.05) is 18.2 Å². The maximum absolute atomic E-state index is 11.8. The third-order valence-electron chi connectivity index (χ3n) is 3.68. The molecule has 9 heteroatoms. The first-order valence-electron chi connectivity index (χ1n) is 8.14. The van der Waals surface area contributed by atoms with Crippen molar-refractivity contribution < 1.29 is 18.9 Å². The topological polar surface area (TPSA) is 119 Å². The molecule has 0 spiro atoms. The highest BCUT2D eigenvalue weighted by atomic mass is 16.6. The number of amides is 2. The molecule has 1 aromatic heterocycles. The van der Waals surface area contributed by atoms with Crippen LogP contribution in [-0.4, -0.2) is 24.3 Å². The number of nitro benzene ring substituents is 1. The lowest BCUT2D eigenvalue weighted by Gasteiger charge is -2.03.